The summed E-state index contributed by atoms with van der Waals surface area (Å²) in [6, 6.07) is 1.14. The number of pyridine rings is 1. The molecule has 0 aliphatic carbocycles. The number of nitrogen functional groups attached to an aromatic ring is 1. The molecule has 1 aromatic heterocycles. The van der Waals surface area contributed by atoms with Gasteiger partial charge in [0.05, 0.1) is 0 Å². The highest BCUT2D eigenvalue weighted by atomic mass is 19.1. The van der Waals surface area contributed by atoms with Crippen LogP contribution in [0.3, 0.4) is 0 Å². The predicted octanol–water partition coefficient (Wildman–Crippen LogP) is 1.54. The van der Waals surface area contributed by atoms with Crippen LogP contribution in [0.15, 0.2) is 6.07 Å². The Morgan fingerprint density at radius 3 is 2.84 bits per heavy atom. The lowest BCUT2D eigenvalue weighted by atomic mass is 10.2. The number of hydrogen-bond donors (Lipinski definition) is 3. The fraction of sp³-hybridized carbons (Fsp3) is 0.583. The summed E-state index contributed by atoms with van der Waals surface area (Å²) in [7, 11) is 0. The van der Waals surface area contributed by atoms with E-state index < -0.39 is 11.6 Å². The standard InChI is InChI=1S/C12H19F2N5/c1-2-19-5-3-4-8(19)7-16-11-9(13)6-10(14)12(17-11)18-15/h6,8H,2-5,7,15H2,1H3,(H2,16,17,18). The molecular weight excluding hydrogens is 252 g/mol. The lowest BCUT2D eigenvalue weighted by Gasteiger charge is -2.23. The third-order valence-electron chi connectivity index (χ3n) is 3.48. The molecule has 0 aromatic carbocycles. The van der Waals surface area contributed by atoms with Crippen molar-refractivity contribution in [3.8, 4) is 0 Å². The third kappa shape index (κ3) is 3.10. The highest BCUT2D eigenvalue weighted by molar-refractivity contribution is 5.46. The van der Waals surface area contributed by atoms with E-state index in [9.17, 15) is 8.78 Å². The van der Waals surface area contributed by atoms with Crippen LogP contribution in [0.25, 0.3) is 0 Å². The van der Waals surface area contributed by atoms with Crippen LogP contribution in [-0.4, -0.2) is 35.6 Å². The van der Waals surface area contributed by atoms with Crippen LogP contribution >= 0.6 is 0 Å². The second kappa shape index (κ2) is 6.12. The Balaban J connectivity index is 2.03. The number of likely N-dealkylation sites (N-methyl/N-ethyl adjacent to an activating group) is 1. The average molecular weight is 271 g/mol. The van der Waals surface area contributed by atoms with Crippen LogP contribution in [0.4, 0.5) is 20.4 Å². The summed E-state index contributed by atoms with van der Waals surface area (Å²) in [6.07, 6.45) is 2.22. The van der Waals surface area contributed by atoms with Gasteiger partial charge in [0.25, 0.3) is 0 Å². The minimum Gasteiger partial charge on any atom is -0.366 e. The summed E-state index contributed by atoms with van der Waals surface area (Å²) in [5.74, 6) is 3.47. The van der Waals surface area contributed by atoms with Gasteiger partial charge in [0.2, 0.25) is 0 Å². The molecule has 4 N–H and O–H groups in total. The van der Waals surface area contributed by atoms with Gasteiger partial charge in [-0.25, -0.2) is 19.6 Å². The first-order valence-corrected chi connectivity index (χ1v) is 6.46. The molecule has 0 saturated carbocycles. The lowest BCUT2D eigenvalue weighted by molar-refractivity contribution is 0.276. The number of hydrogen-bond acceptors (Lipinski definition) is 5. The maximum absolute atomic E-state index is 13.6. The first-order chi connectivity index (χ1) is 9.15. The second-order valence-electron chi connectivity index (χ2n) is 4.60. The minimum atomic E-state index is -0.804. The summed E-state index contributed by atoms with van der Waals surface area (Å²) in [4.78, 5) is 6.12. The number of rotatable bonds is 5. The smallest absolute Gasteiger partial charge is 0.178 e. The van der Waals surface area contributed by atoms with E-state index in [2.05, 4.69) is 27.6 Å². The van der Waals surface area contributed by atoms with Gasteiger partial charge >= 0.3 is 0 Å². The molecule has 106 valence electrons. The molecule has 19 heavy (non-hydrogen) atoms. The second-order valence-corrected chi connectivity index (χ2v) is 4.60. The van der Waals surface area contributed by atoms with Crippen molar-refractivity contribution >= 4 is 11.6 Å². The van der Waals surface area contributed by atoms with Crippen molar-refractivity contribution in [2.75, 3.05) is 30.4 Å². The normalized spacial score (nSPS) is 19.7. The van der Waals surface area contributed by atoms with Gasteiger partial charge in [0.15, 0.2) is 23.3 Å². The third-order valence-corrected chi connectivity index (χ3v) is 3.48. The van der Waals surface area contributed by atoms with Gasteiger partial charge in [0.1, 0.15) is 0 Å². The maximum Gasteiger partial charge on any atom is 0.178 e. The molecule has 2 heterocycles. The Hall–Kier alpha value is -1.47. The van der Waals surface area contributed by atoms with E-state index in [0.717, 1.165) is 32.0 Å². The fourth-order valence-corrected chi connectivity index (χ4v) is 2.45. The maximum atomic E-state index is 13.6. The fourth-order valence-electron chi connectivity index (χ4n) is 2.45. The van der Waals surface area contributed by atoms with Crippen molar-refractivity contribution in [2.24, 2.45) is 5.84 Å². The SMILES string of the molecule is CCN1CCCC1CNc1nc(NN)c(F)cc1F. The molecule has 2 rings (SSSR count). The number of nitrogens with zero attached hydrogens (tertiary/aromatic N) is 2. The van der Waals surface area contributed by atoms with E-state index in [1.165, 1.54) is 0 Å². The van der Waals surface area contributed by atoms with Crippen LogP contribution in [0.1, 0.15) is 19.8 Å². The monoisotopic (exact) mass is 271 g/mol. The molecule has 0 spiro atoms. The summed E-state index contributed by atoms with van der Waals surface area (Å²) < 4.78 is 26.8. The number of nitrogens with two attached hydrogens (primary N) is 1. The summed E-state index contributed by atoms with van der Waals surface area (Å²) in [5, 5.41) is 2.93. The highest BCUT2D eigenvalue weighted by Gasteiger charge is 2.23. The minimum absolute atomic E-state index is 0.0253. The molecule has 1 aromatic rings. The van der Waals surface area contributed by atoms with Crippen molar-refractivity contribution in [1.82, 2.24) is 9.88 Å². The van der Waals surface area contributed by atoms with E-state index >= 15 is 0 Å². The molecular formula is C12H19F2N5. The molecule has 0 amide bonds. The van der Waals surface area contributed by atoms with E-state index in [1.54, 1.807) is 0 Å². The average Bonchev–Trinajstić information content (AvgIpc) is 2.85. The lowest BCUT2D eigenvalue weighted by Crippen LogP contribution is -2.35. The van der Waals surface area contributed by atoms with Crippen molar-refractivity contribution in [2.45, 2.75) is 25.8 Å². The van der Waals surface area contributed by atoms with Crippen LogP contribution in [0, 0.1) is 11.6 Å². The van der Waals surface area contributed by atoms with Crippen molar-refractivity contribution in [1.29, 1.82) is 0 Å². The van der Waals surface area contributed by atoms with Gasteiger partial charge < -0.3 is 10.7 Å². The number of hydrazine groups is 1. The molecule has 1 unspecified atom stereocenters. The van der Waals surface area contributed by atoms with Gasteiger partial charge in [-0.1, -0.05) is 6.92 Å². The molecule has 1 atom stereocenters. The Kier molecular flexibility index (Phi) is 4.49. The van der Waals surface area contributed by atoms with Gasteiger partial charge in [-0.3, -0.25) is 4.90 Å². The zero-order valence-electron chi connectivity index (χ0n) is 10.9. The first-order valence-electron chi connectivity index (χ1n) is 6.46. The molecule has 1 fully saturated rings. The van der Waals surface area contributed by atoms with Crippen LogP contribution in [0.2, 0.25) is 0 Å². The van der Waals surface area contributed by atoms with Crippen molar-refractivity contribution in [3.63, 3.8) is 0 Å². The largest absolute Gasteiger partial charge is 0.366 e. The molecule has 1 aliphatic heterocycles. The Labute approximate surface area is 111 Å². The summed E-state index contributed by atoms with van der Waals surface area (Å²) in [5.41, 5.74) is 2.11. The molecule has 1 saturated heterocycles. The summed E-state index contributed by atoms with van der Waals surface area (Å²) >= 11 is 0. The Morgan fingerprint density at radius 2 is 2.16 bits per heavy atom. The Bertz CT molecular complexity index is 440. The van der Waals surface area contributed by atoms with E-state index in [1.807, 2.05) is 0 Å². The predicted molar refractivity (Wildman–Crippen MR) is 70.7 cm³/mol. The summed E-state index contributed by atoms with van der Waals surface area (Å²) in [6.45, 7) is 4.73. The number of nitrogens with one attached hydrogen (secondary N) is 2. The molecule has 0 radical (unpaired) electrons. The van der Waals surface area contributed by atoms with Crippen LogP contribution in [0.5, 0.6) is 0 Å². The quantitative estimate of drug-likeness (QED) is 0.560. The number of halogens is 2. The Morgan fingerprint density at radius 1 is 1.42 bits per heavy atom. The molecule has 1 aliphatic rings. The van der Waals surface area contributed by atoms with E-state index in [-0.39, 0.29) is 11.6 Å². The topological polar surface area (TPSA) is 66.2 Å². The number of aromatic nitrogens is 1. The van der Waals surface area contributed by atoms with E-state index in [0.29, 0.717) is 12.6 Å². The number of likely N-dealkylation sites (tertiary alicyclic amines) is 1. The highest BCUT2D eigenvalue weighted by Crippen LogP contribution is 2.20. The van der Waals surface area contributed by atoms with Crippen LogP contribution < -0.4 is 16.6 Å². The van der Waals surface area contributed by atoms with E-state index in [4.69, 9.17) is 5.84 Å². The van der Waals surface area contributed by atoms with Crippen molar-refractivity contribution in [3.05, 3.63) is 17.7 Å². The van der Waals surface area contributed by atoms with Gasteiger partial charge in [-0.05, 0) is 25.9 Å². The molecule has 7 heteroatoms. The van der Waals surface area contributed by atoms with Gasteiger partial charge in [-0.2, -0.15) is 0 Å². The van der Waals surface area contributed by atoms with Crippen molar-refractivity contribution < 1.29 is 8.78 Å². The zero-order chi connectivity index (χ0) is 13.8. The first kappa shape index (κ1) is 14.0. The molecule has 5 nitrogen and oxygen atoms in total. The molecule has 0 bridgehead atoms. The number of anilines is 2. The van der Waals surface area contributed by atoms with Crippen LogP contribution in [-0.2, 0) is 0 Å². The van der Waals surface area contributed by atoms with Gasteiger partial charge in [-0.15, -0.1) is 0 Å². The van der Waals surface area contributed by atoms with Gasteiger partial charge in [0, 0.05) is 18.7 Å². The zero-order valence-corrected chi connectivity index (χ0v) is 10.9.